The Balaban J connectivity index is 1.79. The van der Waals surface area contributed by atoms with Crippen molar-refractivity contribution < 1.29 is 8.42 Å². The largest absolute Gasteiger partial charge is 0.282 e. The molecular weight excluding hydrogens is 286 g/mol. The SMILES string of the molecule is C[C@@H]1CCCN(S(=O)(=O)N(Cc2cccnc2)C2CC2)C1. The van der Waals surface area contributed by atoms with Crippen molar-refractivity contribution in [3.05, 3.63) is 30.1 Å². The highest BCUT2D eigenvalue weighted by Gasteiger charge is 2.41. The van der Waals surface area contributed by atoms with E-state index in [0.717, 1.165) is 31.2 Å². The highest BCUT2D eigenvalue weighted by molar-refractivity contribution is 7.86. The normalized spacial score (nSPS) is 24.4. The van der Waals surface area contributed by atoms with Gasteiger partial charge in [-0.15, -0.1) is 0 Å². The Morgan fingerprint density at radius 1 is 1.38 bits per heavy atom. The molecule has 5 nitrogen and oxygen atoms in total. The van der Waals surface area contributed by atoms with Crippen molar-refractivity contribution in [2.24, 2.45) is 5.92 Å². The first kappa shape index (κ1) is 14.9. The second-order valence-corrected chi connectivity index (χ2v) is 8.13. The van der Waals surface area contributed by atoms with Crippen LogP contribution in [0.4, 0.5) is 0 Å². The van der Waals surface area contributed by atoms with Gasteiger partial charge < -0.3 is 0 Å². The van der Waals surface area contributed by atoms with E-state index in [1.807, 2.05) is 12.1 Å². The standard InChI is InChI=1S/C15H23N3O2S/c1-13-4-3-9-17(11-13)21(19,20)18(15-6-7-15)12-14-5-2-8-16-10-14/h2,5,8,10,13,15H,3-4,6-7,9,11-12H2,1H3/t13-/m1/s1. The molecule has 0 radical (unpaired) electrons. The Morgan fingerprint density at radius 3 is 2.81 bits per heavy atom. The van der Waals surface area contributed by atoms with Crippen LogP contribution >= 0.6 is 0 Å². The highest BCUT2D eigenvalue weighted by Crippen LogP contribution is 2.33. The second kappa shape index (κ2) is 6.02. The van der Waals surface area contributed by atoms with Gasteiger partial charge in [-0.05, 0) is 43.2 Å². The van der Waals surface area contributed by atoms with Gasteiger partial charge in [0.2, 0.25) is 0 Å². The molecule has 21 heavy (non-hydrogen) atoms. The van der Waals surface area contributed by atoms with E-state index in [1.54, 1.807) is 21.0 Å². The van der Waals surface area contributed by atoms with E-state index in [0.29, 0.717) is 25.6 Å². The average molecular weight is 309 g/mol. The zero-order chi connectivity index (χ0) is 14.9. The molecule has 1 saturated carbocycles. The summed E-state index contributed by atoms with van der Waals surface area (Å²) in [7, 11) is -3.35. The summed E-state index contributed by atoms with van der Waals surface area (Å²) in [5, 5.41) is 0. The van der Waals surface area contributed by atoms with E-state index >= 15 is 0 Å². The topological polar surface area (TPSA) is 53.5 Å². The Hall–Kier alpha value is -0.980. The quantitative estimate of drug-likeness (QED) is 0.836. The maximum Gasteiger partial charge on any atom is 0.282 e. The summed E-state index contributed by atoms with van der Waals surface area (Å²) < 4.78 is 29.3. The fourth-order valence-corrected chi connectivity index (χ4v) is 4.94. The molecule has 0 spiro atoms. The highest BCUT2D eigenvalue weighted by atomic mass is 32.2. The first-order chi connectivity index (χ1) is 10.1. The maximum atomic E-state index is 12.9. The van der Waals surface area contributed by atoms with E-state index in [4.69, 9.17) is 0 Å². The summed E-state index contributed by atoms with van der Waals surface area (Å²) >= 11 is 0. The molecule has 0 N–H and O–H groups in total. The smallest absolute Gasteiger partial charge is 0.264 e. The van der Waals surface area contributed by atoms with Crippen LogP contribution < -0.4 is 0 Å². The lowest BCUT2D eigenvalue weighted by atomic mass is 10.0. The van der Waals surface area contributed by atoms with E-state index in [2.05, 4.69) is 11.9 Å². The average Bonchev–Trinajstić information content (AvgIpc) is 3.30. The Bertz CT molecular complexity index is 572. The minimum atomic E-state index is -3.35. The third-order valence-electron chi connectivity index (χ3n) is 4.26. The monoisotopic (exact) mass is 309 g/mol. The lowest BCUT2D eigenvalue weighted by molar-refractivity contribution is 0.253. The van der Waals surface area contributed by atoms with Crippen molar-refractivity contribution >= 4 is 10.2 Å². The van der Waals surface area contributed by atoms with Gasteiger partial charge in [-0.2, -0.15) is 17.0 Å². The molecule has 0 aromatic carbocycles. The number of nitrogens with zero attached hydrogens (tertiary/aromatic N) is 3. The molecule has 1 atom stereocenters. The van der Waals surface area contributed by atoms with Crippen LogP contribution in [0.25, 0.3) is 0 Å². The molecule has 1 aromatic rings. The zero-order valence-electron chi connectivity index (χ0n) is 12.5. The van der Waals surface area contributed by atoms with Crippen molar-refractivity contribution in [1.29, 1.82) is 0 Å². The van der Waals surface area contributed by atoms with E-state index in [9.17, 15) is 8.42 Å². The molecule has 3 rings (SSSR count). The van der Waals surface area contributed by atoms with Gasteiger partial charge in [-0.25, -0.2) is 0 Å². The van der Waals surface area contributed by atoms with Gasteiger partial charge >= 0.3 is 0 Å². The Labute approximate surface area is 127 Å². The summed E-state index contributed by atoms with van der Waals surface area (Å²) in [6.07, 6.45) is 7.51. The van der Waals surface area contributed by atoms with Crippen molar-refractivity contribution in [2.75, 3.05) is 13.1 Å². The summed E-state index contributed by atoms with van der Waals surface area (Å²) in [5.74, 6) is 0.452. The van der Waals surface area contributed by atoms with Gasteiger partial charge in [0.25, 0.3) is 10.2 Å². The van der Waals surface area contributed by atoms with Gasteiger partial charge in [0.1, 0.15) is 0 Å². The van der Waals surface area contributed by atoms with E-state index in [-0.39, 0.29) is 6.04 Å². The summed E-state index contributed by atoms with van der Waals surface area (Å²) in [5.41, 5.74) is 0.957. The fourth-order valence-electron chi connectivity index (χ4n) is 2.94. The summed E-state index contributed by atoms with van der Waals surface area (Å²) in [4.78, 5) is 4.09. The summed E-state index contributed by atoms with van der Waals surface area (Å²) in [6.45, 7) is 3.87. The van der Waals surface area contributed by atoms with E-state index in [1.165, 1.54) is 0 Å². The van der Waals surface area contributed by atoms with Crippen LogP contribution in [0.1, 0.15) is 38.2 Å². The van der Waals surface area contributed by atoms with Crippen LogP contribution in [0, 0.1) is 5.92 Å². The first-order valence-corrected chi connectivity index (χ1v) is 9.13. The van der Waals surface area contributed by atoms with Gasteiger partial charge in [-0.3, -0.25) is 4.98 Å². The molecule has 0 unspecified atom stereocenters. The Kier molecular flexibility index (Phi) is 4.28. The lowest BCUT2D eigenvalue weighted by Gasteiger charge is -2.34. The predicted molar refractivity (Wildman–Crippen MR) is 81.7 cm³/mol. The molecule has 1 aliphatic carbocycles. The molecule has 2 fully saturated rings. The number of aromatic nitrogens is 1. The molecule has 0 amide bonds. The molecule has 1 aliphatic heterocycles. The molecule has 1 aromatic heterocycles. The van der Waals surface area contributed by atoms with Crippen LogP contribution in [0.3, 0.4) is 0 Å². The third kappa shape index (κ3) is 3.44. The fraction of sp³-hybridized carbons (Fsp3) is 0.667. The van der Waals surface area contributed by atoms with Gasteiger partial charge in [0, 0.05) is 38.1 Å². The van der Waals surface area contributed by atoms with Crippen LogP contribution in [0.15, 0.2) is 24.5 Å². The number of rotatable bonds is 5. The molecule has 116 valence electrons. The van der Waals surface area contributed by atoms with Gasteiger partial charge in [-0.1, -0.05) is 13.0 Å². The number of hydrogen-bond acceptors (Lipinski definition) is 3. The third-order valence-corrected chi connectivity index (χ3v) is 6.26. The second-order valence-electron chi connectivity index (χ2n) is 6.25. The molecule has 1 saturated heterocycles. The Morgan fingerprint density at radius 2 is 2.19 bits per heavy atom. The van der Waals surface area contributed by atoms with Crippen LogP contribution in [0.2, 0.25) is 0 Å². The molecule has 2 aliphatic rings. The van der Waals surface area contributed by atoms with Crippen molar-refractivity contribution in [3.8, 4) is 0 Å². The lowest BCUT2D eigenvalue weighted by Crippen LogP contribution is -2.48. The van der Waals surface area contributed by atoms with E-state index < -0.39 is 10.2 Å². The number of piperidine rings is 1. The van der Waals surface area contributed by atoms with Crippen LogP contribution in [-0.2, 0) is 16.8 Å². The van der Waals surface area contributed by atoms with Crippen LogP contribution in [-0.4, -0.2) is 41.1 Å². The van der Waals surface area contributed by atoms with Crippen molar-refractivity contribution in [3.63, 3.8) is 0 Å². The van der Waals surface area contributed by atoms with Crippen LogP contribution in [0.5, 0.6) is 0 Å². The molecular formula is C15H23N3O2S. The predicted octanol–water partition coefficient (Wildman–Crippen LogP) is 2.02. The minimum absolute atomic E-state index is 0.174. The van der Waals surface area contributed by atoms with Gasteiger partial charge in [0.15, 0.2) is 0 Å². The van der Waals surface area contributed by atoms with Crippen molar-refractivity contribution in [2.45, 2.75) is 45.2 Å². The maximum absolute atomic E-state index is 12.9. The van der Waals surface area contributed by atoms with Gasteiger partial charge in [0.05, 0.1) is 0 Å². The summed E-state index contributed by atoms with van der Waals surface area (Å²) in [6, 6.07) is 3.97. The minimum Gasteiger partial charge on any atom is -0.264 e. The zero-order valence-corrected chi connectivity index (χ0v) is 13.3. The molecule has 2 heterocycles. The number of pyridine rings is 1. The molecule has 0 bridgehead atoms. The number of hydrogen-bond donors (Lipinski definition) is 0. The first-order valence-electron chi connectivity index (χ1n) is 7.73. The molecule has 6 heteroatoms. The van der Waals surface area contributed by atoms with Crippen molar-refractivity contribution in [1.82, 2.24) is 13.6 Å².